The van der Waals surface area contributed by atoms with Crippen LogP contribution in [0.5, 0.6) is 0 Å². The molecule has 1 aliphatic rings. The van der Waals surface area contributed by atoms with E-state index in [0.29, 0.717) is 12.2 Å². The smallest absolute Gasteiger partial charge is 0.295 e. The molecular weight excluding hydrogens is 414 g/mol. The lowest BCUT2D eigenvalue weighted by Gasteiger charge is -2.26. The number of nitrogens with zero attached hydrogens (tertiary/aromatic N) is 1. The van der Waals surface area contributed by atoms with Crippen molar-refractivity contribution in [2.45, 2.75) is 39.3 Å². The lowest BCUT2D eigenvalue weighted by molar-refractivity contribution is -0.140. The van der Waals surface area contributed by atoms with Gasteiger partial charge in [0.1, 0.15) is 5.76 Å². The quantitative estimate of drug-likeness (QED) is 0.308. The van der Waals surface area contributed by atoms with E-state index in [2.05, 4.69) is 6.92 Å². The molecule has 1 N–H and O–H groups in total. The van der Waals surface area contributed by atoms with Gasteiger partial charge in [-0.15, -0.1) is 0 Å². The second kappa shape index (κ2) is 9.59. The fourth-order valence-corrected chi connectivity index (χ4v) is 4.36. The molecule has 0 radical (unpaired) electrons. The molecule has 5 heteroatoms. The van der Waals surface area contributed by atoms with Gasteiger partial charge in [-0.2, -0.15) is 0 Å². The van der Waals surface area contributed by atoms with Gasteiger partial charge in [0.15, 0.2) is 0 Å². The number of carbonyl (C=O) groups is 2. The number of fused-ring (bicyclic) bond motifs is 1. The third-order valence-electron chi connectivity index (χ3n) is 6.07. The van der Waals surface area contributed by atoms with E-state index in [1.165, 1.54) is 4.90 Å². The minimum absolute atomic E-state index is 0.0137. The molecule has 3 aromatic rings. The SMILES string of the molecule is CCc1ccc(C2/C(=C(/O)c3cccc4ccccc34)C(=O)C(=O)N2CCOC(C)C)cc1. The number of aliphatic hydroxyl groups is 1. The number of amides is 1. The Morgan fingerprint density at radius 2 is 1.70 bits per heavy atom. The molecule has 1 unspecified atom stereocenters. The molecule has 170 valence electrons. The first kappa shape index (κ1) is 22.7. The summed E-state index contributed by atoms with van der Waals surface area (Å²) in [6, 6.07) is 20.4. The van der Waals surface area contributed by atoms with Crippen molar-refractivity contribution in [3.63, 3.8) is 0 Å². The number of ketones is 1. The number of rotatable bonds is 7. The zero-order valence-corrected chi connectivity index (χ0v) is 19.2. The van der Waals surface area contributed by atoms with Crippen molar-refractivity contribution < 1.29 is 19.4 Å². The van der Waals surface area contributed by atoms with Crippen molar-refractivity contribution in [3.8, 4) is 0 Å². The Balaban J connectivity index is 1.86. The van der Waals surface area contributed by atoms with Gasteiger partial charge in [0.2, 0.25) is 0 Å². The first-order chi connectivity index (χ1) is 15.9. The van der Waals surface area contributed by atoms with Gasteiger partial charge in [-0.1, -0.05) is 73.7 Å². The van der Waals surface area contributed by atoms with Crippen LogP contribution in [-0.4, -0.2) is 41.0 Å². The summed E-state index contributed by atoms with van der Waals surface area (Å²) in [5.41, 5.74) is 2.61. The van der Waals surface area contributed by atoms with E-state index >= 15 is 0 Å². The van der Waals surface area contributed by atoms with Gasteiger partial charge >= 0.3 is 0 Å². The molecule has 1 heterocycles. The van der Waals surface area contributed by atoms with Crippen molar-refractivity contribution in [3.05, 3.63) is 89.0 Å². The lowest BCUT2D eigenvalue weighted by atomic mass is 9.93. The first-order valence-corrected chi connectivity index (χ1v) is 11.4. The third kappa shape index (κ3) is 4.41. The Labute approximate surface area is 194 Å². The molecule has 33 heavy (non-hydrogen) atoms. The van der Waals surface area contributed by atoms with Crippen LogP contribution in [-0.2, 0) is 20.7 Å². The van der Waals surface area contributed by atoms with Crippen LogP contribution in [0.4, 0.5) is 0 Å². The van der Waals surface area contributed by atoms with Crippen molar-refractivity contribution in [2.24, 2.45) is 0 Å². The number of Topliss-reactive ketones (excluding diaryl/α,β-unsaturated/α-hetero) is 1. The highest BCUT2D eigenvalue weighted by Gasteiger charge is 2.46. The minimum Gasteiger partial charge on any atom is -0.507 e. The van der Waals surface area contributed by atoms with E-state index in [0.717, 1.165) is 28.3 Å². The molecule has 1 fully saturated rings. The fraction of sp³-hybridized carbons (Fsp3) is 0.286. The molecule has 1 atom stereocenters. The monoisotopic (exact) mass is 443 g/mol. The summed E-state index contributed by atoms with van der Waals surface area (Å²) >= 11 is 0. The fourth-order valence-electron chi connectivity index (χ4n) is 4.36. The number of ether oxygens (including phenoxy) is 1. The van der Waals surface area contributed by atoms with Crippen LogP contribution in [0.15, 0.2) is 72.3 Å². The molecule has 1 saturated heterocycles. The molecule has 1 amide bonds. The summed E-state index contributed by atoms with van der Waals surface area (Å²) in [6.45, 7) is 6.49. The molecule has 1 aliphatic heterocycles. The van der Waals surface area contributed by atoms with Crippen molar-refractivity contribution in [1.29, 1.82) is 0 Å². The third-order valence-corrected chi connectivity index (χ3v) is 6.07. The van der Waals surface area contributed by atoms with Crippen LogP contribution in [0.2, 0.25) is 0 Å². The Bertz CT molecular complexity index is 1200. The summed E-state index contributed by atoms with van der Waals surface area (Å²) < 4.78 is 5.66. The first-order valence-electron chi connectivity index (χ1n) is 11.4. The van der Waals surface area contributed by atoms with E-state index in [1.54, 1.807) is 6.07 Å². The van der Waals surface area contributed by atoms with Crippen molar-refractivity contribution in [1.82, 2.24) is 4.90 Å². The molecule has 0 bridgehead atoms. The average molecular weight is 444 g/mol. The molecule has 0 saturated carbocycles. The Morgan fingerprint density at radius 3 is 2.39 bits per heavy atom. The van der Waals surface area contributed by atoms with E-state index in [-0.39, 0.29) is 24.0 Å². The molecule has 5 nitrogen and oxygen atoms in total. The summed E-state index contributed by atoms with van der Waals surface area (Å²) in [7, 11) is 0. The van der Waals surface area contributed by atoms with Crippen molar-refractivity contribution in [2.75, 3.05) is 13.2 Å². The van der Waals surface area contributed by atoms with Gasteiger partial charge in [0.25, 0.3) is 11.7 Å². The van der Waals surface area contributed by atoms with Crippen LogP contribution in [0, 0.1) is 0 Å². The second-order valence-electron chi connectivity index (χ2n) is 8.53. The predicted molar refractivity (Wildman–Crippen MR) is 130 cm³/mol. The summed E-state index contributed by atoms with van der Waals surface area (Å²) in [6.07, 6.45) is 0.901. The topological polar surface area (TPSA) is 66.8 Å². The maximum atomic E-state index is 13.2. The lowest BCUT2D eigenvalue weighted by Crippen LogP contribution is -2.33. The number of carbonyl (C=O) groups excluding carboxylic acids is 2. The largest absolute Gasteiger partial charge is 0.507 e. The van der Waals surface area contributed by atoms with Gasteiger partial charge in [0, 0.05) is 12.1 Å². The minimum atomic E-state index is -0.675. The maximum Gasteiger partial charge on any atom is 0.295 e. The van der Waals surface area contributed by atoms with Gasteiger partial charge in [-0.25, -0.2) is 0 Å². The molecule has 3 aromatic carbocycles. The Morgan fingerprint density at radius 1 is 1.00 bits per heavy atom. The van der Waals surface area contributed by atoms with Crippen LogP contribution < -0.4 is 0 Å². The van der Waals surface area contributed by atoms with E-state index < -0.39 is 17.7 Å². The number of benzene rings is 3. The predicted octanol–water partition coefficient (Wildman–Crippen LogP) is 5.25. The summed E-state index contributed by atoms with van der Waals surface area (Å²) in [5.74, 6) is -1.44. The molecule has 0 aliphatic carbocycles. The number of aliphatic hydroxyl groups excluding tert-OH is 1. The molecule has 0 spiro atoms. The number of likely N-dealkylation sites (tertiary alicyclic amines) is 1. The zero-order valence-electron chi connectivity index (χ0n) is 19.2. The Hall–Kier alpha value is -3.44. The molecular formula is C28H29NO4. The van der Waals surface area contributed by atoms with Crippen LogP contribution in [0.3, 0.4) is 0 Å². The molecule has 0 aromatic heterocycles. The van der Waals surface area contributed by atoms with Crippen LogP contribution in [0.25, 0.3) is 16.5 Å². The van der Waals surface area contributed by atoms with Gasteiger partial charge in [-0.3, -0.25) is 9.59 Å². The highest BCUT2D eigenvalue weighted by atomic mass is 16.5. The highest BCUT2D eigenvalue weighted by molar-refractivity contribution is 6.46. The van der Waals surface area contributed by atoms with Crippen LogP contribution >= 0.6 is 0 Å². The Kier molecular flexibility index (Phi) is 6.61. The normalized spacial score (nSPS) is 17.9. The number of hydrogen-bond acceptors (Lipinski definition) is 4. The van der Waals surface area contributed by atoms with E-state index in [4.69, 9.17) is 4.74 Å². The molecule has 4 rings (SSSR count). The number of aryl methyl sites for hydroxylation is 1. The van der Waals surface area contributed by atoms with E-state index in [9.17, 15) is 14.7 Å². The second-order valence-corrected chi connectivity index (χ2v) is 8.53. The average Bonchev–Trinajstić information content (AvgIpc) is 3.08. The standard InChI is InChI=1S/C28H29NO4/c1-4-19-12-14-21(15-13-19)25-24(27(31)28(32)29(25)16-17-33-18(2)3)26(30)23-11-7-9-20-8-5-6-10-22(20)23/h5-15,18,25,30H,4,16-17H2,1-3H3/b26-24-. The highest BCUT2D eigenvalue weighted by Crippen LogP contribution is 2.40. The van der Waals surface area contributed by atoms with Gasteiger partial charge in [0.05, 0.1) is 24.3 Å². The number of hydrogen-bond donors (Lipinski definition) is 1. The summed E-state index contributed by atoms with van der Waals surface area (Å²) in [4.78, 5) is 27.8. The summed E-state index contributed by atoms with van der Waals surface area (Å²) in [5, 5.41) is 13.2. The van der Waals surface area contributed by atoms with Crippen LogP contribution in [0.1, 0.15) is 43.5 Å². The van der Waals surface area contributed by atoms with E-state index in [1.807, 2.05) is 74.5 Å². The maximum absolute atomic E-state index is 13.2. The zero-order chi connectivity index (χ0) is 23.5. The van der Waals surface area contributed by atoms with Gasteiger partial charge < -0.3 is 14.7 Å². The van der Waals surface area contributed by atoms with Crippen molar-refractivity contribution >= 4 is 28.2 Å². The van der Waals surface area contributed by atoms with Gasteiger partial charge in [-0.05, 0) is 42.2 Å².